The molecule has 5 nitrogen and oxygen atoms in total. The maximum absolute atomic E-state index is 12.8. The number of hydrogen-bond donors (Lipinski definition) is 2. The van der Waals surface area contributed by atoms with E-state index < -0.39 is 5.41 Å². The highest BCUT2D eigenvalue weighted by molar-refractivity contribution is 6.17. The fourth-order valence-electron chi connectivity index (χ4n) is 2.95. The molecule has 0 radical (unpaired) electrons. The van der Waals surface area contributed by atoms with Gasteiger partial charge in [-0.2, -0.15) is 0 Å². The van der Waals surface area contributed by atoms with Crippen molar-refractivity contribution in [1.29, 1.82) is 0 Å². The van der Waals surface area contributed by atoms with Crippen LogP contribution < -0.4 is 15.4 Å². The predicted molar refractivity (Wildman–Crippen MR) is 107 cm³/mol. The van der Waals surface area contributed by atoms with Crippen LogP contribution in [0.2, 0.25) is 0 Å². The van der Waals surface area contributed by atoms with Gasteiger partial charge in [0, 0.05) is 11.4 Å². The zero-order valence-electron chi connectivity index (χ0n) is 16.3. The average molecular weight is 366 g/mol. The van der Waals surface area contributed by atoms with E-state index in [1.54, 1.807) is 12.1 Å². The van der Waals surface area contributed by atoms with Crippen molar-refractivity contribution in [2.45, 2.75) is 46.6 Å². The lowest BCUT2D eigenvalue weighted by Gasteiger charge is -2.17. The maximum atomic E-state index is 12.8. The molecule has 1 saturated carbocycles. The van der Waals surface area contributed by atoms with Gasteiger partial charge in [0.1, 0.15) is 11.2 Å². The first-order valence-corrected chi connectivity index (χ1v) is 9.28. The Morgan fingerprint density at radius 2 is 1.59 bits per heavy atom. The van der Waals surface area contributed by atoms with E-state index in [9.17, 15) is 9.59 Å². The zero-order valence-corrected chi connectivity index (χ0v) is 16.3. The van der Waals surface area contributed by atoms with E-state index >= 15 is 0 Å². The highest BCUT2D eigenvalue weighted by Crippen LogP contribution is 2.47. The van der Waals surface area contributed by atoms with Crippen molar-refractivity contribution < 1.29 is 14.3 Å². The van der Waals surface area contributed by atoms with Gasteiger partial charge >= 0.3 is 0 Å². The summed E-state index contributed by atoms with van der Waals surface area (Å²) >= 11 is 0. The van der Waals surface area contributed by atoms with Crippen molar-refractivity contribution >= 4 is 23.2 Å². The number of benzene rings is 2. The van der Waals surface area contributed by atoms with E-state index in [-0.39, 0.29) is 17.9 Å². The number of aryl methyl sites for hydroxylation is 1. The summed E-state index contributed by atoms with van der Waals surface area (Å²) in [5.74, 6) is 0.244. The number of amides is 2. The summed E-state index contributed by atoms with van der Waals surface area (Å²) in [4.78, 5) is 25.5. The Labute approximate surface area is 160 Å². The first-order valence-electron chi connectivity index (χ1n) is 9.28. The number of anilines is 2. The number of carbonyl (C=O) groups is 2. The van der Waals surface area contributed by atoms with Crippen molar-refractivity contribution in [3.05, 3.63) is 53.6 Å². The summed E-state index contributed by atoms with van der Waals surface area (Å²) in [6.07, 6.45) is 1.21. The van der Waals surface area contributed by atoms with Gasteiger partial charge in [-0.25, -0.2) is 0 Å². The Bertz CT molecular complexity index is 852. The highest BCUT2D eigenvalue weighted by atomic mass is 16.5. The van der Waals surface area contributed by atoms with Crippen LogP contribution in [0.25, 0.3) is 0 Å². The van der Waals surface area contributed by atoms with Crippen LogP contribution in [0.1, 0.15) is 37.8 Å². The number of rotatable bonds is 6. The molecule has 1 aliphatic carbocycles. The molecule has 2 aromatic carbocycles. The van der Waals surface area contributed by atoms with Crippen LogP contribution in [-0.2, 0) is 9.59 Å². The van der Waals surface area contributed by atoms with Crippen LogP contribution in [0.4, 0.5) is 11.4 Å². The van der Waals surface area contributed by atoms with Crippen molar-refractivity contribution in [3.63, 3.8) is 0 Å². The van der Waals surface area contributed by atoms with E-state index in [0.29, 0.717) is 18.5 Å². The van der Waals surface area contributed by atoms with Crippen molar-refractivity contribution in [2.24, 2.45) is 5.41 Å². The first-order chi connectivity index (χ1) is 12.8. The molecule has 1 aliphatic rings. The molecule has 1 fully saturated rings. The third-order valence-corrected chi connectivity index (χ3v) is 4.96. The van der Waals surface area contributed by atoms with Gasteiger partial charge in [-0.15, -0.1) is 0 Å². The summed E-state index contributed by atoms with van der Waals surface area (Å²) in [6, 6.07) is 13.0. The molecule has 0 aliphatic heterocycles. The Hall–Kier alpha value is -2.82. The highest BCUT2D eigenvalue weighted by Gasteiger charge is 2.56. The molecule has 5 heteroatoms. The molecular formula is C22H26N2O3. The van der Waals surface area contributed by atoms with E-state index in [2.05, 4.69) is 10.6 Å². The Balaban J connectivity index is 1.67. The third-order valence-electron chi connectivity index (χ3n) is 4.96. The molecule has 0 aromatic heterocycles. The van der Waals surface area contributed by atoms with Crippen LogP contribution in [0.3, 0.4) is 0 Å². The van der Waals surface area contributed by atoms with Crippen LogP contribution in [0.5, 0.6) is 5.75 Å². The van der Waals surface area contributed by atoms with Crippen LogP contribution >= 0.6 is 0 Å². The van der Waals surface area contributed by atoms with Crippen molar-refractivity contribution in [3.8, 4) is 5.75 Å². The van der Waals surface area contributed by atoms with Gasteiger partial charge in [0.15, 0.2) is 0 Å². The minimum Gasteiger partial charge on any atom is -0.491 e. The zero-order chi connectivity index (χ0) is 19.6. The van der Waals surface area contributed by atoms with Crippen LogP contribution in [0.15, 0.2) is 42.5 Å². The molecule has 0 saturated heterocycles. The van der Waals surface area contributed by atoms with Gasteiger partial charge in [0.25, 0.3) is 0 Å². The SMILES string of the molecule is Cc1cccc(NC(=O)C2(C(=O)Nc3ccc(OC(C)C)cc3)CC2)c1C. The van der Waals surface area contributed by atoms with Gasteiger partial charge in [0.05, 0.1) is 6.10 Å². The Kier molecular flexibility index (Phi) is 5.22. The molecule has 0 heterocycles. The van der Waals surface area contributed by atoms with Gasteiger partial charge in [-0.1, -0.05) is 12.1 Å². The quantitative estimate of drug-likeness (QED) is 0.742. The fourth-order valence-corrected chi connectivity index (χ4v) is 2.95. The lowest BCUT2D eigenvalue weighted by Crippen LogP contribution is -2.35. The number of carbonyl (C=O) groups excluding carboxylic acids is 2. The topological polar surface area (TPSA) is 67.4 Å². The fraction of sp³-hybridized carbons (Fsp3) is 0.364. The van der Waals surface area contributed by atoms with E-state index in [1.165, 1.54) is 0 Å². The maximum Gasteiger partial charge on any atom is 0.240 e. The van der Waals surface area contributed by atoms with Crippen LogP contribution in [0, 0.1) is 19.3 Å². The number of hydrogen-bond acceptors (Lipinski definition) is 3. The summed E-state index contributed by atoms with van der Waals surface area (Å²) in [5, 5.41) is 5.79. The minimum absolute atomic E-state index is 0.0916. The summed E-state index contributed by atoms with van der Waals surface area (Å²) in [7, 11) is 0. The summed E-state index contributed by atoms with van der Waals surface area (Å²) in [5.41, 5.74) is 2.55. The van der Waals surface area contributed by atoms with E-state index in [0.717, 1.165) is 22.6 Å². The lowest BCUT2D eigenvalue weighted by atomic mass is 10.0. The monoisotopic (exact) mass is 366 g/mol. The molecule has 27 heavy (non-hydrogen) atoms. The van der Waals surface area contributed by atoms with Crippen molar-refractivity contribution in [1.82, 2.24) is 0 Å². The smallest absolute Gasteiger partial charge is 0.240 e. The number of nitrogens with one attached hydrogen (secondary N) is 2. The van der Waals surface area contributed by atoms with Crippen molar-refractivity contribution in [2.75, 3.05) is 10.6 Å². The molecule has 3 rings (SSSR count). The first kappa shape index (κ1) is 19.0. The normalized spacial score (nSPS) is 14.6. The molecule has 0 bridgehead atoms. The molecule has 0 atom stereocenters. The van der Waals surface area contributed by atoms with Gasteiger partial charge in [0.2, 0.25) is 11.8 Å². The number of ether oxygens (including phenoxy) is 1. The molecule has 2 N–H and O–H groups in total. The molecular weight excluding hydrogens is 340 g/mol. The second kappa shape index (κ2) is 7.43. The van der Waals surface area contributed by atoms with E-state index in [4.69, 9.17) is 4.74 Å². The van der Waals surface area contributed by atoms with Gasteiger partial charge in [-0.05, 0) is 82.0 Å². The molecule has 0 spiro atoms. The predicted octanol–water partition coefficient (Wildman–Crippen LogP) is 4.45. The standard InChI is InChI=1S/C22H26N2O3/c1-14(2)27-18-10-8-17(9-11-18)23-20(25)22(12-13-22)21(26)24-19-7-5-6-15(3)16(19)4/h5-11,14H,12-13H2,1-4H3,(H,23,25)(H,24,26). The largest absolute Gasteiger partial charge is 0.491 e. The second-order valence-corrected chi connectivity index (χ2v) is 7.43. The minimum atomic E-state index is -0.983. The molecule has 2 aromatic rings. The Morgan fingerprint density at radius 3 is 2.19 bits per heavy atom. The Morgan fingerprint density at radius 1 is 0.963 bits per heavy atom. The lowest BCUT2D eigenvalue weighted by molar-refractivity contribution is -0.131. The third kappa shape index (κ3) is 4.13. The average Bonchev–Trinajstić information content (AvgIpc) is 3.42. The van der Waals surface area contributed by atoms with Gasteiger partial charge < -0.3 is 15.4 Å². The molecule has 2 amide bonds. The second-order valence-electron chi connectivity index (χ2n) is 7.43. The molecule has 142 valence electrons. The van der Waals surface area contributed by atoms with Gasteiger partial charge in [-0.3, -0.25) is 9.59 Å². The summed E-state index contributed by atoms with van der Waals surface area (Å²) < 4.78 is 5.60. The van der Waals surface area contributed by atoms with E-state index in [1.807, 2.05) is 58.0 Å². The molecule has 0 unspecified atom stereocenters. The van der Waals surface area contributed by atoms with Crippen LogP contribution in [-0.4, -0.2) is 17.9 Å². The summed E-state index contributed by atoms with van der Waals surface area (Å²) in [6.45, 7) is 7.88.